The highest BCUT2D eigenvalue weighted by Crippen LogP contribution is 2.31. The van der Waals surface area contributed by atoms with E-state index in [1.807, 2.05) is 4.90 Å². The summed E-state index contributed by atoms with van der Waals surface area (Å²) in [6.45, 7) is 3.35. The molecule has 2 aliphatic heterocycles. The van der Waals surface area contributed by atoms with E-state index in [-0.39, 0.29) is 24.8 Å². The molecular weight excluding hydrogens is 313 g/mol. The molecular formula is C14H21ClFN3O3. The minimum absolute atomic E-state index is 0. The smallest absolute Gasteiger partial charge is 0.273 e. The Kier molecular flexibility index (Phi) is 5.46. The Balaban J connectivity index is 0.00000176. The largest absolute Gasteiger partial charge is 0.389 e. The zero-order valence-electron chi connectivity index (χ0n) is 12.2. The molecule has 0 unspecified atom stereocenters. The van der Waals surface area contributed by atoms with Crippen LogP contribution in [0.5, 0.6) is 0 Å². The van der Waals surface area contributed by atoms with Crippen LogP contribution in [0, 0.1) is 5.82 Å². The fourth-order valence-corrected chi connectivity index (χ4v) is 2.84. The van der Waals surface area contributed by atoms with Crippen LogP contribution >= 0.6 is 12.4 Å². The molecule has 0 spiro atoms. The number of ether oxygens (including phenoxy) is 1. The van der Waals surface area contributed by atoms with Gasteiger partial charge in [-0.1, -0.05) is 0 Å². The van der Waals surface area contributed by atoms with E-state index in [9.17, 15) is 14.6 Å². The van der Waals surface area contributed by atoms with Crippen LogP contribution in [0.15, 0.2) is 18.2 Å². The van der Waals surface area contributed by atoms with Crippen molar-refractivity contribution in [1.82, 2.24) is 5.32 Å². The van der Waals surface area contributed by atoms with Gasteiger partial charge in [-0.05, 0) is 18.2 Å². The fraction of sp³-hybridized carbons (Fsp3) is 0.571. The van der Waals surface area contributed by atoms with Gasteiger partial charge in [0.1, 0.15) is 12.4 Å². The van der Waals surface area contributed by atoms with Gasteiger partial charge in [-0.15, -0.1) is 12.4 Å². The summed E-state index contributed by atoms with van der Waals surface area (Å²) in [5, 5.41) is 22.6. The molecule has 0 amide bonds. The topological polar surface area (TPSA) is 68.2 Å². The molecule has 0 radical (unpaired) electrons. The fourth-order valence-electron chi connectivity index (χ4n) is 2.84. The maximum atomic E-state index is 14.4. The van der Waals surface area contributed by atoms with Crippen molar-refractivity contribution in [3.05, 3.63) is 24.0 Å². The molecule has 3 N–H and O–H groups in total. The lowest BCUT2D eigenvalue weighted by atomic mass is 10.2. The zero-order valence-corrected chi connectivity index (χ0v) is 13.0. The molecule has 2 aliphatic rings. The zero-order chi connectivity index (χ0) is 14.9. The number of halogens is 2. The summed E-state index contributed by atoms with van der Waals surface area (Å²) in [6.07, 6.45) is 0. The number of anilines is 2. The summed E-state index contributed by atoms with van der Waals surface area (Å²) in [4.78, 5) is 3.46. The van der Waals surface area contributed by atoms with Crippen molar-refractivity contribution < 1.29 is 19.3 Å². The Hall–Kier alpha value is -1.12. The Morgan fingerprint density at radius 2 is 2.00 bits per heavy atom. The van der Waals surface area contributed by atoms with Crippen molar-refractivity contribution >= 4 is 23.8 Å². The predicted octanol–water partition coefficient (Wildman–Crippen LogP) is 0.132. The first-order valence-corrected chi connectivity index (χ1v) is 7.14. The van der Waals surface area contributed by atoms with Crippen LogP contribution in [-0.2, 0) is 4.74 Å². The number of aliphatic hydroxyl groups excluding tert-OH is 1. The van der Waals surface area contributed by atoms with Gasteiger partial charge in [0.25, 0.3) is 5.91 Å². The standard InChI is InChI=1S/C14H20FN3O3.ClH/c15-12-9-11(18-7-8-21-14(18,20)10-19)1-2-13(12)17-5-3-16-4-6-17;/h1-2,9,16,19-20H,3-8,10H2;1H/t14-;/m1./s1. The van der Waals surface area contributed by atoms with Gasteiger partial charge >= 0.3 is 0 Å². The lowest BCUT2D eigenvalue weighted by molar-refractivity contribution is -0.191. The Morgan fingerprint density at radius 1 is 1.27 bits per heavy atom. The van der Waals surface area contributed by atoms with Gasteiger partial charge in [-0.25, -0.2) is 4.39 Å². The highest BCUT2D eigenvalue weighted by atomic mass is 35.5. The third-order valence-electron chi connectivity index (χ3n) is 3.98. The van der Waals surface area contributed by atoms with Crippen LogP contribution in [0.3, 0.4) is 0 Å². The molecule has 0 saturated carbocycles. The molecule has 124 valence electrons. The monoisotopic (exact) mass is 333 g/mol. The maximum Gasteiger partial charge on any atom is 0.273 e. The molecule has 1 atom stereocenters. The van der Waals surface area contributed by atoms with E-state index < -0.39 is 12.5 Å². The van der Waals surface area contributed by atoms with Crippen LogP contribution in [-0.4, -0.2) is 62.1 Å². The summed E-state index contributed by atoms with van der Waals surface area (Å²) in [5.41, 5.74) is 1.06. The molecule has 1 aromatic carbocycles. The highest BCUT2D eigenvalue weighted by Gasteiger charge is 2.40. The van der Waals surface area contributed by atoms with Crippen LogP contribution in [0.25, 0.3) is 0 Å². The molecule has 2 fully saturated rings. The molecule has 2 saturated heterocycles. The van der Waals surface area contributed by atoms with Crippen molar-refractivity contribution in [2.24, 2.45) is 0 Å². The van der Waals surface area contributed by atoms with Crippen molar-refractivity contribution in [2.75, 3.05) is 55.7 Å². The Morgan fingerprint density at radius 3 is 2.64 bits per heavy atom. The lowest BCUT2D eigenvalue weighted by Gasteiger charge is -2.33. The first kappa shape index (κ1) is 17.2. The van der Waals surface area contributed by atoms with Gasteiger partial charge in [0.15, 0.2) is 0 Å². The lowest BCUT2D eigenvalue weighted by Crippen LogP contribution is -2.48. The molecule has 0 aliphatic carbocycles. The molecule has 8 heteroatoms. The third-order valence-corrected chi connectivity index (χ3v) is 3.98. The van der Waals surface area contributed by atoms with Crippen molar-refractivity contribution in [1.29, 1.82) is 0 Å². The number of nitrogens with zero attached hydrogens (tertiary/aromatic N) is 2. The van der Waals surface area contributed by atoms with Crippen LogP contribution in [0.4, 0.5) is 15.8 Å². The summed E-state index contributed by atoms with van der Waals surface area (Å²) in [5.74, 6) is -2.09. The Bertz CT molecular complexity index is 516. The number of aliphatic hydroxyl groups is 2. The normalized spacial score (nSPS) is 25.2. The first-order chi connectivity index (χ1) is 10.1. The average Bonchev–Trinajstić information content (AvgIpc) is 2.90. The van der Waals surface area contributed by atoms with E-state index in [2.05, 4.69) is 5.32 Å². The summed E-state index contributed by atoms with van der Waals surface area (Å²) < 4.78 is 19.5. The summed E-state index contributed by atoms with van der Waals surface area (Å²) >= 11 is 0. The van der Waals surface area contributed by atoms with Crippen LogP contribution in [0.2, 0.25) is 0 Å². The number of rotatable bonds is 3. The average molecular weight is 334 g/mol. The first-order valence-electron chi connectivity index (χ1n) is 7.14. The number of hydrogen-bond acceptors (Lipinski definition) is 6. The highest BCUT2D eigenvalue weighted by molar-refractivity contribution is 5.85. The van der Waals surface area contributed by atoms with Gasteiger partial charge in [-0.2, -0.15) is 0 Å². The van der Waals surface area contributed by atoms with Crippen molar-refractivity contribution in [3.8, 4) is 0 Å². The third kappa shape index (κ3) is 3.13. The van der Waals surface area contributed by atoms with Crippen LogP contribution in [0.1, 0.15) is 0 Å². The molecule has 3 rings (SSSR count). The second kappa shape index (κ2) is 6.97. The van der Waals surface area contributed by atoms with Gasteiger partial charge < -0.3 is 30.1 Å². The molecule has 2 heterocycles. The number of hydrogen-bond donors (Lipinski definition) is 3. The number of nitrogens with one attached hydrogen (secondary N) is 1. The Labute approximate surface area is 134 Å². The molecule has 6 nitrogen and oxygen atoms in total. The van der Waals surface area contributed by atoms with E-state index in [1.54, 1.807) is 12.1 Å². The molecule has 22 heavy (non-hydrogen) atoms. The van der Waals surface area contributed by atoms with Crippen molar-refractivity contribution in [3.63, 3.8) is 0 Å². The van der Waals surface area contributed by atoms with Crippen LogP contribution < -0.4 is 15.1 Å². The van der Waals surface area contributed by atoms with Gasteiger partial charge in [-0.3, -0.25) is 0 Å². The minimum atomic E-state index is -1.76. The van der Waals surface area contributed by atoms with E-state index in [0.717, 1.165) is 26.2 Å². The summed E-state index contributed by atoms with van der Waals surface area (Å²) in [6, 6.07) is 4.84. The van der Waals surface area contributed by atoms with Crippen molar-refractivity contribution in [2.45, 2.75) is 5.91 Å². The SMILES string of the molecule is Cl.OC[C@@]1(O)OCCN1c1ccc(N2CCNCC2)c(F)c1. The summed E-state index contributed by atoms with van der Waals surface area (Å²) in [7, 11) is 0. The second-order valence-corrected chi connectivity index (χ2v) is 5.27. The van der Waals surface area contributed by atoms with Gasteiger partial charge in [0.05, 0.1) is 12.3 Å². The van der Waals surface area contributed by atoms with E-state index in [1.165, 1.54) is 11.0 Å². The quantitative estimate of drug-likeness (QED) is 0.731. The molecule has 0 bridgehead atoms. The minimum Gasteiger partial charge on any atom is -0.389 e. The van der Waals surface area contributed by atoms with Gasteiger partial charge in [0, 0.05) is 38.4 Å². The van der Waals surface area contributed by atoms with Gasteiger partial charge in [0.2, 0.25) is 0 Å². The number of piperazine rings is 1. The van der Waals surface area contributed by atoms with E-state index >= 15 is 0 Å². The van der Waals surface area contributed by atoms with E-state index in [0.29, 0.717) is 17.9 Å². The maximum absolute atomic E-state index is 14.4. The molecule has 1 aromatic rings. The molecule has 0 aromatic heterocycles. The predicted molar refractivity (Wildman–Crippen MR) is 84.1 cm³/mol. The number of benzene rings is 1. The van der Waals surface area contributed by atoms with E-state index in [4.69, 9.17) is 4.74 Å². The second-order valence-electron chi connectivity index (χ2n) is 5.27.